The average molecular weight is 319 g/mol. The Labute approximate surface area is 114 Å². The molecule has 1 heterocycles. The topological polar surface area (TPSA) is 38.3 Å². The summed E-state index contributed by atoms with van der Waals surface area (Å²) in [7, 11) is 0. The van der Waals surface area contributed by atoms with E-state index in [9.17, 15) is 4.79 Å². The molecule has 1 fully saturated rings. The van der Waals surface area contributed by atoms with E-state index < -0.39 is 0 Å². The van der Waals surface area contributed by atoms with Crippen LogP contribution in [0.2, 0.25) is 5.02 Å². The highest BCUT2D eigenvalue weighted by Gasteiger charge is 2.18. The Morgan fingerprint density at radius 2 is 2.12 bits per heavy atom. The zero-order valence-electron chi connectivity index (χ0n) is 9.21. The molecule has 1 N–H and O–H groups in total. The van der Waals surface area contributed by atoms with Crippen molar-refractivity contribution in [3.63, 3.8) is 0 Å². The van der Waals surface area contributed by atoms with Gasteiger partial charge in [-0.3, -0.25) is 4.79 Å². The SMILES string of the molecule is O=C(NC1CCOCC1)c1cc(Br)ccc1Cl. The third kappa shape index (κ3) is 3.44. The first-order chi connectivity index (χ1) is 8.16. The summed E-state index contributed by atoms with van der Waals surface area (Å²) in [5, 5.41) is 3.45. The number of hydrogen-bond donors (Lipinski definition) is 1. The predicted molar refractivity (Wildman–Crippen MR) is 70.5 cm³/mol. The van der Waals surface area contributed by atoms with E-state index in [1.807, 2.05) is 6.07 Å². The van der Waals surface area contributed by atoms with Gasteiger partial charge in [0.25, 0.3) is 5.91 Å². The fourth-order valence-electron chi connectivity index (χ4n) is 1.78. The molecule has 3 nitrogen and oxygen atoms in total. The summed E-state index contributed by atoms with van der Waals surface area (Å²) in [6.45, 7) is 1.41. The highest BCUT2D eigenvalue weighted by Crippen LogP contribution is 2.21. The predicted octanol–water partition coefficient (Wildman–Crippen LogP) is 3.01. The molecule has 0 aromatic heterocycles. The molecule has 0 spiro atoms. The maximum Gasteiger partial charge on any atom is 0.253 e. The lowest BCUT2D eigenvalue weighted by Crippen LogP contribution is -2.39. The monoisotopic (exact) mass is 317 g/mol. The minimum atomic E-state index is -0.122. The maximum atomic E-state index is 12.0. The largest absolute Gasteiger partial charge is 0.381 e. The summed E-state index contributed by atoms with van der Waals surface area (Å²) < 4.78 is 6.09. The highest BCUT2D eigenvalue weighted by atomic mass is 79.9. The zero-order chi connectivity index (χ0) is 12.3. The van der Waals surface area contributed by atoms with Crippen LogP contribution in [0.25, 0.3) is 0 Å². The van der Waals surface area contributed by atoms with Gasteiger partial charge in [0.15, 0.2) is 0 Å². The van der Waals surface area contributed by atoms with Crippen molar-refractivity contribution in [3.8, 4) is 0 Å². The first-order valence-corrected chi connectivity index (χ1v) is 6.67. The minimum absolute atomic E-state index is 0.122. The van der Waals surface area contributed by atoms with Crippen LogP contribution in [0.4, 0.5) is 0 Å². The van der Waals surface area contributed by atoms with Crippen molar-refractivity contribution in [2.24, 2.45) is 0 Å². The van der Waals surface area contributed by atoms with E-state index in [0.717, 1.165) is 17.3 Å². The molecule has 1 aliphatic rings. The fraction of sp³-hybridized carbons (Fsp3) is 0.417. The highest BCUT2D eigenvalue weighted by molar-refractivity contribution is 9.10. The second-order valence-corrected chi connectivity index (χ2v) is 5.31. The molecule has 0 atom stereocenters. The van der Waals surface area contributed by atoms with Crippen LogP contribution in [0.5, 0.6) is 0 Å². The molecule has 92 valence electrons. The van der Waals surface area contributed by atoms with E-state index in [-0.39, 0.29) is 11.9 Å². The normalized spacial score (nSPS) is 16.8. The van der Waals surface area contributed by atoms with Gasteiger partial charge in [-0.05, 0) is 31.0 Å². The van der Waals surface area contributed by atoms with Crippen molar-refractivity contribution in [2.75, 3.05) is 13.2 Å². The van der Waals surface area contributed by atoms with Crippen molar-refractivity contribution in [1.82, 2.24) is 5.32 Å². The number of amides is 1. The Balaban J connectivity index is 2.05. The van der Waals surface area contributed by atoms with Crippen molar-refractivity contribution < 1.29 is 9.53 Å². The number of benzene rings is 1. The van der Waals surface area contributed by atoms with Crippen LogP contribution < -0.4 is 5.32 Å². The van der Waals surface area contributed by atoms with Crippen LogP contribution in [0, 0.1) is 0 Å². The molecular weight excluding hydrogens is 305 g/mol. The molecule has 0 saturated carbocycles. The molecule has 0 unspecified atom stereocenters. The van der Waals surface area contributed by atoms with Crippen LogP contribution in [-0.4, -0.2) is 25.2 Å². The summed E-state index contributed by atoms with van der Waals surface area (Å²) in [4.78, 5) is 12.0. The van der Waals surface area contributed by atoms with Gasteiger partial charge in [0.2, 0.25) is 0 Å². The van der Waals surface area contributed by atoms with Gasteiger partial charge < -0.3 is 10.1 Å². The van der Waals surface area contributed by atoms with Gasteiger partial charge in [0.1, 0.15) is 0 Å². The first-order valence-electron chi connectivity index (χ1n) is 5.50. The van der Waals surface area contributed by atoms with Gasteiger partial charge in [0, 0.05) is 23.7 Å². The Bertz CT molecular complexity index is 419. The lowest BCUT2D eigenvalue weighted by molar-refractivity contribution is 0.0696. The first kappa shape index (κ1) is 12.9. The molecule has 5 heteroatoms. The molecule has 1 saturated heterocycles. The third-order valence-corrected chi connectivity index (χ3v) is 3.55. The van der Waals surface area contributed by atoms with Crippen molar-refractivity contribution in [3.05, 3.63) is 33.3 Å². The fourth-order valence-corrected chi connectivity index (χ4v) is 2.34. The Hall–Kier alpha value is -0.580. The number of halogens is 2. The molecule has 1 amide bonds. The number of nitrogens with one attached hydrogen (secondary N) is 1. The summed E-state index contributed by atoms with van der Waals surface area (Å²) in [6, 6.07) is 5.45. The lowest BCUT2D eigenvalue weighted by atomic mass is 10.1. The Kier molecular flexibility index (Phi) is 4.42. The number of rotatable bonds is 2. The van der Waals surface area contributed by atoms with E-state index in [2.05, 4.69) is 21.2 Å². The quantitative estimate of drug-likeness (QED) is 0.910. The number of carbonyl (C=O) groups is 1. The van der Waals surface area contributed by atoms with Gasteiger partial charge in [-0.2, -0.15) is 0 Å². The number of carbonyl (C=O) groups excluding carboxylic acids is 1. The lowest BCUT2D eigenvalue weighted by Gasteiger charge is -2.23. The van der Waals surface area contributed by atoms with Gasteiger partial charge in [-0.1, -0.05) is 27.5 Å². The Morgan fingerprint density at radius 1 is 1.41 bits per heavy atom. The third-order valence-electron chi connectivity index (χ3n) is 2.73. The molecule has 0 radical (unpaired) electrons. The van der Waals surface area contributed by atoms with Crippen LogP contribution in [0.15, 0.2) is 22.7 Å². The molecule has 2 rings (SSSR count). The smallest absolute Gasteiger partial charge is 0.253 e. The molecule has 0 aliphatic carbocycles. The van der Waals surface area contributed by atoms with E-state index in [4.69, 9.17) is 16.3 Å². The summed E-state index contributed by atoms with van der Waals surface area (Å²) in [6.07, 6.45) is 1.72. The molecule has 0 bridgehead atoms. The zero-order valence-corrected chi connectivity index (χ0v) is 11.6. The van der Waals surface area contributed by atoms with Crippen molar-refractivity contribution in [2.45, 2.75) is 18.9 Å². The molecule has 1 aliphatic heterocycles. The second-order valence-electron chi connectivity index (χ2n) is 3.98. The Morgan fingerprint density at radius 3 is 2.82 bits per heavy atom. The summed E-state index contributed by atoms with van der Waals surface area (Å²) in [5.74, 6) is -0.122. The van der Waals surface area contributed by atoms with Gasteiger partial charge in [-0.25, -0.2) is 0 Å². The standard InChI is InChI=1S/C12H13BrClNO2/c13-8-1-2-11(14)10(7-8)12(16)15-9-3-5-17-6-4-9/h1-2,7,9H,3-6H2,(H,15,16). The molecule has 17 heavy (non-hydrogen) atoms. The summed E-state index contributed by atoms with van der Waals surface area (Å²) in [5.41, 5.74) is 0.507. The molecule has 1 aromatic rings. The summed E-state index contributed by atoms with van der Waals surface area (Å²) >= 11 is 9.33. The number of ether oxygens (including phenoxy) is 1. The van der Waals surface area contributed by atoms with E-state index in [0.29, 0.717) is 23.8 Å². The van der Waals surface area contributed by atoms with E-state index in [1.165, 1.54) is 0 Å². The van der Waals surface area contributed by atoms with Crippen LogP contribution in [-0.2, 0) is 4.74 Å². The van der Waals surface area contributed by atoms with Gasteiger partial charge in [-0.15, -0.1) is 0 Å². The van der Waals surface area contributed by atoms with Crippen molar-refractivity contribution >= 4 is 33.4 Å². The van der Waals surface area contributed by atoms with Crippen LogP contribution in [0.1, 0.15) is 23.2 Å². The molecule has 1 aromatic carbocycles. The van der Waals surface area contributed by atoms with Gasteiger partial charge >= 0.3 is 0 Å². The second kappa shape index (κ2) is 5.85. The van der Waals surface area contributed by atoms with Gasteiger partial charge in [0.05, 0.1) is 10.6 Å². The van der Waals surface area contributed by atoms with Crippen LogP contribution >= 0.6 is 27.5 Å². The van der Waals surface area contributed by atoms with E-state index in [1.54, 1.807) is 12.1 Å². The minimum Gasteiger partial charge on any atom is -0.381 e. The van der Waals surface area contributed by atoms with E-state index >= 15 is 0 Å². The van der Waals surface area contributed by atoms with Crippen LogP contribution in [0.3, 0.4) is 0 Å². The molecular formula is C12H13BrClNO2. The number of hydrogen-bond acceptors (Lipinski definition) is 2. The maximum absolute atomic E-state index is 12.0. The average Bonchev–Trinajstić information content (AvgIpc) is 2.33. The van der Waals surface area contributed by atoms with Crippen molar-refractivity contribution in [1.29, 1.82) is 0 Å².